The highest BCUT2D eigenvalue weighted by Gasteiger charge is 2.34. The van der Waals surface area contributed by atoms with E-state index in [0.29, 0.717) is 6.04 Å². The Morgan fingerprint density at radius 2 is 2.41 bits per heavy atom. The van der Waals surface area contributed by atoms with E-state index in [4.69, 9.17) is 0 Å². The lowest BCUT2D eigenvalue weighted by atomic mass is 9.67. The van der Waals surface area contributed by atoms with Crippen LogP contribution in [0, 0.1) is 17.8 Å². The molecule has 1 saturated carbocycles. The van der Waals surface area contributed by atoms with Gasteiger partial charge < -0.3 is 5.32 Å². The molecule has 1 aromatic rings. The average molecular weight is 231 g/mol. The summed E-state index contributed by atoms with van der Waals surface area (Å²) in [5, 5.41) is 10.6. The molecule has 0 amide bonds. The molecule has 0 aromatic carbocycles. The number of rotatable bonds is 4. The Labute approximate surface area is 103 Å². The molecule has 3 aliphatic rings. The molecule has 1 aromatic heterocycles. The van der Waals surface area contributed by atoms with Crippen LogP contribution in [0.2, 0.25) is 0 Å². The van der Waals surface area contributed by atoms with E-state index >= 15 is 0 Å². The first-order valence-electron chi connectivity index (χ1n) is 6.73. The highest BCUT2D eigenvalue weighted by atomic mass is 15.1. The summed E-state index contributed by atoms with van der Waals surface area (Å²) in [7, 11) is 0. The van der Waals surface area contributed by atoms with Gasteiger partial charge in [0.2, 0.25) is 0 Å². The second-order valence-electron chi connectivity index (χ2n) is 5.54. The number of nitrogens with one attached hydrogen (secondary N) is 2. The van der Waals surface area contributed by atoms with Crippen molar-refractivity contribution in [1.82, 2.24) is 15.5 Å². The molecule has 4 atom stereocenters. The summed E-state index contributed by atoms with van der Waals surface area (Å²) in [6.45, 7) is 3.23. The van der Waals surface area contributed by atoms with E-state index in [0.717, 1.165) is 24.3 Å². The monoisotopic (exact) mass is 231 g/mol. The van der Waals surface area contributed by atoms with Crippen molar-refractivity contribution in [1.29, 1.82) is 0 Å². The average Bonchev–Trinajstić information content (AvgIpc) is 2.90. The number of aromatic amines is 1. The Kier molecular flexibility index (Phi) is 3.02. The van der Waals surface area contributed by atoms with E-state index < -0.39 is 0 Å². The third-order valence-corrected chi connectivity index (χ3v) is 4.44. The molecule has 3 heteroatoms. The van der Waals surface area contributed by atoms with Gasteiger partial charge in [-0.3, -0.25) is 5.10 Å². The summed E-state index contributed by atoms with van der Waals surface area (Å²) in [5.41, 5.74) is 1.17. The van der Waals surface area contributed by atoms with E-state index in [2.05, 4.69) is 34.6 Å². The molecule has 0 spiro atoms. The number of hydrogen-bond donors (Lipinski definition) is 2. The van der Waals surface area contributed by atoms with Crippen LogP contribution in [-0.2, 0) is 6.54 Å². The summed E-state index contributed by atoms with van der Waals surface area (Å²) in [5.74, 6) is 2.48. The summed E-state index contributed by atoms with van der Waals surface area (Å²) in [4.78, 5) is 0. The lowest BCUT2D eigenvalue weighted by molar-refractivity contribution is 0.176. The van der Waals surface area contributed by atoms with Crippen LogP contribution in [0.25, 0.3) is 0 Å². The van der Waals surface area contributed by atoms with E-state index in [9.17, 15) is 0 Å². The van der Waals surface area contributed by atoms with Crippen LogP contribution in [-0.4, -0.2) is 16.2 Å². The van der Waals surface area contributed by atoms with Crippen LogP contribution in [0.4, 0.5) is 0 Å². The fraction of sp³-hybridized carbons (Fsp3) is 0.643. The van der Waals surface area contributed by atoms with Gasteiger partial charge in [0.25, 0.3) is 0 Å². The third-order valence-electron chi connectivity index (χ3n) is 4.44. The molecule has 0 radical (unpaired) electrons. The van der Waals surface area contributed by atoms with Crippen LogP contribution >= 0.6 is 0 Å². The first kappa shape index (κ1) is 11.0. The Bertz CT molecular complexity index is 382. The van der Waals surface area contributed by atoms with Crippen molar-refractivity contribution in [2.45, 2.75) is 38.8 Å². The van der Waals surface area contributed by atoms with E-state index in [1.165, 1.54) is 25.0 Å². The molecule has 92 valence electrons. The molecule has 2 N–H and O–H groups in total. The lowest BCUT2D eigenvalue weighted by Crippen LogP contribution is -2.41. The van der Waals surface area contributed by atoms with Crippen molar-refractivity contribution in [2.75, 3.05) is 0 Å². The first-order valence-corrected chi connectivity index (χ1v) is 6.73. The molecule has 2 bridgehead atoms. The molecule has 3 aliphatic carbocycles. The van der Waals surface area contributed by atoms with Crippen molar-refractivity contribution in [2.24, 2.45) is 17.8 Å². The first-order chi connectivity index (χ1) is 8.33. The van der Waals surface area contributed by atoms with E-state index in [-0.39, 0.29) is 0 Å². The van der Waals surface area contributed by atoms with Gasteiger partial charge in [0.15, 0.2) is 0 Å². The van der Waals surface area contributed by atoms with Crippen LogP contribution in [0.3, 0.4) is 0 Å². The molecule has 0 aliphatic heterocycles. The Hall–Kier alpha value is -1.09. The minimum absolute atomic E-state index is 0.594. The van der Waals surface area contributed by atoms with Gasteiger partial charge in [0.05, 0.1) is 0 Å². The summed E-state index contributed by atoms with van der Waals surface area (Å²) < 4.78 is 0. The Morgan fingerprint density at radius 1 is 1.47 bits per heavy atom. The standard InChI is InChI=1S/C14H21N3/c1-10(15-9-13-6-7-16-17-13)14-8-11-2-4-12(14)5-3-11/h2,4,6-7,10-12,14-15H,3,5,8-9H2,1H3,(H,16,17). The maximum Gasteiger partial charge on any atom is 0.0490 e. The fourth-order valence-electron chi connectivity index (χ4n) is 3.36. The zero-order valence-electron chi connectivity index (χ0n) is 10.4. The number of allylic oxidation sites excluding steroid dienone is 2. The van der Waals surface area contributed by atoms with Gasteiger partial charge in [-0.15, -0.1) is 0 Å². The third kappa shape index (κ3) is 2.29. The predicted molar refractivity (Wildman–Crippen MR) is 68.4 cm³/mol. The normalized spacial score (nSPS) is 32.9. The topological polar surface area (TPSA) is 40.7 Å². The SMILES string of the molecule is CC(NCc1ccn[nH]1)C1CC2C=CC1CC2. The van der Waals surface area contributed by atoms with Crippen molar-refractivity contribution in [3.63, 3.8) is 0 Å². The smallest absolute Gasteiger partial charge is 0.0490 e. The number of H-pyrrole nitrogens is 1. The van der Waals surface area contributed by atoms with Crippen molar-refractivity contribution in [3.8, 4) is 0 Å². The second kappa shape index (κ2) is 4.65. The molecule has 4 rings (SSSR count). The Morgan fingerprint density at radius 3 is 3.00 bits per heavy atom. The van der Waals surface area contributed by atoms with Gasteiger partial charge >= 0.3 is 0 Å². The van der Waals surface area contributed by atoms with Gasteiger partial charge in [-0.05, 0) is 50.0 Å². The second-order valence-corrected chi connectivity index (χ2v) is 5.54. The molecule has 17 heavy (non-hydrogen) atoms. The van der Waals surface area contributed by atoms with Crippen molar-refractivity contribution in [3.05, 3.63) is 30.1 Å². The molecule has 1 heterocycles. The highest BCUT2D eigenvalue weighted by molar-refractivity contribution is 5.08. The molecule has 4 unspecified atom stereocenters. The zero-order chi connectivity index (χ0) is 11.7. The van der Waals surface area contributed by atoms with Crippen LogP contribution in [0.15, 0.2) is 24.4 Å². The summed E-state index contributed by atoms with van der Waals surface area (Å²) in [6.07, 6.45) is 10.9. The Balaban J connectivity index is 1.56. The van der Waals surface area contributed by atoms with Gasteiger partial charge in [-0.1, -0.05) is 12.2 Å². The minimum atomic E-state index is 0.594. The van der Waals surface area contributed by atoms with Crippen LogP contribution in [0.1, 0.15) is 31.9 Å². The van der Waals surface area contributed by atoms with E-state index in [1.807, 2.05) is 12.3 Å². The van der Waals surface area contributed by atoms with Gasteiger partial charge in [-0.2, -0.15) is 5.10 Å². The maximum absolute atomic E-state index is 3.97. The molecule has 1 fully saturated rings. The largest absolute Gasteiger partial charge is 0.308 e. The number of fused-ring (bicyclic) bond motifs is 2. The predicted octanol–water partition coefficient (Wildman–Crippen LogP) is 2.49. The van der Waals surface area contributed by atoms with Crippen LogP contribution in [0.5, 0.6) is 0 Å². The lowest BCUT2D eigenvalue weighted by Gasteiger charge is -2.41. The maximum atomic E-state index is 3.97. The molecular formula is C14H21N3. The van der Waals surface area contributed by atoms with Crippen LogP contribution < -0.4 is 5.32 Å². The molecular weight excluding hydrogens is 210 g/mol. The number of nitrogens with zero attached hydrogens (tertiary/aromatic N) is 1. The number of hydrogen-bond acceptors (Lipinski definition) is 2. The van der Waals surface area contributed by atoms with Crippen molar-refractivity contribution < 1.29 is 0 Å². The van der Waals surface area contributed by atoms with Gasteiger partial charge in [-0.25, -0.2) is 0 Å². The van der Waals surface area contributed by atoms with Crippen molar-refractivity contribution >= 4 is 0 Å². The van der Waals surface area contributed by atoms with Gasteiger partial charge in [0.1, 0.15) is 0 Å². The van der Waals surface area contributed by atoms with Gasteiger partial charge in [0, 0.05) is 24.5 Å². The zero-order valence-corrected chi connectivity index (χ0v) is 10.4. The minimum Gasteiger partial charge on any atom is -0.308 e. The molecule has 0 saturated heterocycles. The molecule has 3 nitrogen and oxygen atoms in total. The highest BCUT2D eigenvalue weighted by Crippen LogP contribution is 2.41. The number of aromatic nitrogens is 2. The van der Waals surface area contributed by atoms with E-state index in [1.54, 1.807) is 0 Å². The summed E-state index contributed by atoms with van der Waals surface area (Å²) in [6, 6.07) is 2.63. The summed E-state index contributed by atoms with van der Waals surface area (Å²) >= 11 is 0. The quantitative estimate of drug-likeness (QED) is 0.782. The fourth-order valence-corrected chi connectivity index (χ4v) is 3.36.